The van der Waals surface area contributed by atoms with Gasteiger partial charge in [-0.15, -0.1) is 0 Å². The number of aryl methyl sites for hydroxylation is 1. The van der Waals surface area contributed by atoms with E-state index in [9.17, 15) is 9.59 Å². The van der Waals surface area contributed by atoms with E-state index in [1.807, 2.05) is 49.4 Å². The van der Waals surface area contributed by atoms with Gasteiger partial charge in [-0.2, -0.15) is 0 Å². The number of carbonyl (C=O) groups is 2. The van der Waals surface area contributed by atoms with Crippen molar-refractivity contribution in [3.8, 4) is 11.1 Å². The molecule has 1 aliphatic carbocycles. The van der Waals surface area contributed by atoms with E-state index in [1.54, 1.807) is 0 Å². The molecule has 1 heterocycles. The van der Waals surface area contributed by atoms with Gasteiger partial charge in [-0.25, -0.2) is 0 Å². The minimum atomic E-state index is -0.629. The number of benzene rings is 2. The summed E-state index contributed by atoms with van der Waals surface area (Å²) in [6.07, 6.45) is 1.92. The predicted octanol–water partition coefficient (Wildman–Crippen LogP) is 4.98. The molecule has 1 unspecified atom stereocenters. The molecule has 1 saturated heterocycles. The second-order valence-corrected chi connectivity index (χ2v) is 8.17. The van der Waals surface area contributed by atoms with Crippen LogP contribution in [0.1, 0.15) is 36.3 Å². The molecule has 1 saturated carbocycles. The standard InChI is InChI=1S/C23H23ClO3/c1-14-2-3-16(15-4-6-19(24)7-5-15)10-20(14)23-21(25)11-18(12-22(23)26)17-8-9-27-13-17/h2-7,10,17-18,23H,8-9,11-13H2,1H3. The normalized spacial score (nSPS) is 25.8. The Morgan fingerprint density at radius 2 is 1.59 bits per heavy atom. The minimum absolute atomic E-state index is 0.0551. The van der Waals surface area contributed by atoms with Crippen LogP contribution in [-0.4, -0.2) is 24.8 Å². The Balaban J connectivity index is 1.62. The number of ketones is 2. The number of ether oxygens (including phenoxy) is 1. The van der Waals surface area contributed by atoms with E-state index in [4.69, 9.17) is 16.3 Å². The zero-order valence-electron chi connectivity index (χ0n) is 15.4. The van der Waals surface area contributed by atoms with Crippen LogP contribution in [0.2, 0.25) is 5.02 Å². The van der Waals surface area contributed by atoms with E-state index < -0.39 is 5.92 Å². The zero-order valence-corrected chi connectivity index (χ0v) is 16.2. The molecule has 0 amide bonds. The van der Waals surface area contributed by atoms with Gasteiger partial charge in [-0.3, -0.25) is 9.59 Å². The maximum Gasteiger partial charge on any atom is 0.148 e. The number of rotatable bonds is 3. The average Bonchev–Trinajstić information content (AvgIpc) is 3.18. The lowest BCUT2D eigenvalue weighted by Crippen LogP contribution is -2.35. The monoisotopic (exact) mass is 382 g/mol. The molecule has 0 radical (unpaired) electrons. The Labute approximate surface area is 164 Å². The van der Waals surface area contributed by atoms with E-state index in [0.717, 1.165) is 35.3 Å². The minimum Gasteiger partial charge on any atom is -0.381 e. The first-order chi connectivity index (χ1) is 13.0. The van der Waals surface area contributed by atoms with Gasteiger partial charge in [0.05, 0.1) is 0 Å². The number of hydrogen-bond acceptors (Lipinski definition) is 3. The van der Waals surface area contributed by atoms with E-state index >= 15 is 0 Å². The lowest BCUT2D eigenvalue weighted by molar-refractivity contribution is -0.134. The first-order valence-corrected chi connectivity index (χ1v) is 9.90. The predicted molar refractivity (Wildman–Crippen MR) is 106 cm³/mol. The number of Topliss-reactive ketones (excluding diaryl/α,β-unsaturated/α-hetero) is 2. The highest BCUT2D eigenvalue weighted by Gasteiger charge is 2.40. The summed E-state index contributed by atoms with van der Waals surface area (Å²) in [5.74, 6) is -0.0290. The average molecular weight is 383 g/mol. The van der Waals surface area contributed by atoms with E-state index in [1.165, 1.54) is 0 Å². The summed E-state index contributed by atoms with van der Waals surface area (Å²) in [5.41, 5.74) is 3.86. The molecular weight excluding hydrogens is 360 g/mol. The van der Waals surface area contributed by atoms with Gasteiger partial charge in [0.15, 0.2) is 0 Å². The molecule has 2 aromatic rings. The maximum atomic E-state index is 12.9. The summed E-state index contributed by atoms with van der Waals surface area (Å²) in [4.78, 5) is 25.9. The maximum absolute atomic E-state index is 12.9. The second kappa shape index (κ2) is 7.57. The number of carbonyl (C=O) groups excluding carboxylic acids is 2. The van der Waals surface area contributed by atoms with Crippen molar-refractivity contribution in [3.05, 3.63) is 58.6 Å². The molecule has 2 aromatic carbocycles. The van der Waals surface area contributed by atoms with Crippen molar-refractivity contribution in [2.75, 3.05) is 13.2 Å². The zero-order chi connectivity index (χ0) is 19.0. The van der Waals surface area contributed by atoms with E-state index in [2.05, 4.69) is 0 Å². The third-order valence-corrected chi connectivity index (χ3v) is 6.22. The van der Waals surface area contributed by atoms with Crippen LogP contribution in [0.5, 0.6) is 0 Å². The first kappa shape index (κ1) is 18.4. The van der Waals surface area contributed by atoms with Crippen molar-refractivity contribution >= 4 is 23.2 Å². The van der Waals surface area contributed by atoms with Crippen molar-refractivity contribution in [2.24, 2.45) is 11.8 Å². The van der Waals surface area contributed by atoms with Gasteiger partial charge in [-0.05, 0) is 65.6 Å². The summed E-state index contributed by atoms with van der Waals surface area (Å²) in [6, 6.07) is 13.6. The van der Waals surface area contributed by atoms with Gasteiger partial charge < -0.3 is 4.74 Å². The van der Waals surface area contributed by atoms with Crippen molar-refractivity contribution in [3.63, 3.8) is 0 Å². The molecule has 4 heteroatoms. The molecule has 0 spiro atoms. The summed E-state index contributed by atoms with van der Waals surface area (Å²) < 4.78 is 5.45. The SMILES string of the molecule is Cc1ccc(-c2ccc(Cl)cc2)cc1C1C(=O)CC(C2CCOC2)CC1=O. The highest BCUT2D eigenvalue weighted by Crippen LogP contribution is 2.39. The van der Waals surface area contributed by atoms with Crippen LogP contribution in [-0.2, 0) is 14.3 Å². The molecule has 1 aliphatic heterocycles. The van der Waals surface area contributed by atoms with Gasteiger partial charge in [0, 0.05) is 31.1 Å². The molecule has 0 N–H and O–H groups in total. The largest absolute Gasteiger partial charge is 0.381 e. The summed E-state index contributed by atoms with van der Waals surface area (Å²) in [5, 5.41) is 0.686. The van der Waals surface area contributed by atoms with Crippen LogP contribution in [0.4, 0.5) is 0 Å². The molecule has 0 aromatic heterocycles. The third-order valence-electron chi connectivity index (χ3n) is 5.97. The third kappa shape index (κ3) is 3.71. The molecule has 27 heavy (non-hydrogen) atoms. The topological polar surface area (TPSA) is 43.4 Å². The lowest BCUT2D eigenvalue weighted by Gasteiger charge is -2.30. The van der Waals surface area contributed by atoms with Gasteiger partial charge in [0.1, 0.15) is 17.5 Å². The van der Waals surface area contributed by atoms with Crippen molar-refractivity contribution < 1.29 is 14.3 Å². The van der Waals surface area contributed by atoms with Gasteiger partial charge >= 0.3 is 0 Å². The van der Waals surface area contributed by atoms with Crippen LogP contribution in [0.3, 0.4) is 0 Å². The van der Waals surface area contributed by atoms with Crippen LogP contribution in [0.15, 0.2) is 42.5 Å². The Kier molecular flexibility index (Phi) is 5.16. The molecule has 4 rings (SSSR count). The number of hydrogen-bond donors (Lipinski definition) is 0. The van der Waals surface area contributed by atoms with Crippen LogP contribution < -0.4 is 0 Å². The lowest BCUT2D eigenvalue weighted by atomic mass is 9.71. The number of halogens is 1. The smallest absolute Gasteiger partial charge is 0.148 e. The molecular formula is C23H23ClO3. The molecule has 2 aliphatic rings. The summed E-state index contributed by atoms with van der Waals surface area (Å²) >= 11 is 5.98. The fourth-order valence-electron chi connectivity index (χ4n) is 4.38. The molecule has 140 valence electrons. The quantitative estimate of drug-likeness (QED) is 0.703. The Hall–Kier alpha value is -1.97. The van der Waals surface area contributed by atoms with Crippen molar-refractivity contribution in [2.45, 2.75) is 32.1 Å². The van der Waals surface area contributed by atoms with Crippen molar-refractivity contribution in [1.82, 2.24) is 0 Å². The highest BCUT2D eigenvalue weighted by atomic mass is 35.5. The summed E-state index contributed by atoms with van der Waals surface area (Å²) in [6.45, 7) is 3.40. The molecule has 3 nitrogen and oxygen atoms in total. The molecule has 1 atom stereocenters. The fourth-order valence-corrected chi connectivity index (χ4v) is 4.51. The highest BCUT2D eigenvalue weighted by molar-refractivity contribution is 6.30. The van der Waals surface area contributed by atoms with Gasteiger partial charge in [0.2, 0.25) is 0 Å². The van der Waals surface area contributed by atoms with Crippen molar-refractivity contribution in [1.29, 1.82) is 0 Å². The fraction of sp³-hybridized carbons (Fsp3) is 0.391. The Morgan fingerprint density at radius 3 is 2.22 bits per heavy atom. The summed E-state index contributed by atoms with van der Waals surface area (Å²) in [7, 11) is 0. The van der Waals surface area contributed by atoms with Crippen LogP contribution in [0.25, 0.3) is 11.1 Å². The molecule has 0 bridgehead atoms. The van der Waals surface area contributed by atoms with Gasteiger partial charge in [-0.1, -0.05) is 35.9 Å². The molecule has 2 fully saturated rings. The van der Waals surface area contributed by atoms with E-state index in [0.29, 0.717) is 30.4 Å². The van der Waals surface area contributed by atoms with Crippen LogP contribution in [0, 0.1) is 18.8 Å². The van der Waals surface area contributed by atoms with E-state index in [-0.39, 0.29) is 17.5 Å². The second-order valence-electron chi connectivity index (χ2n) is 7.74. The van der Waals surface area contributed by atoms with Crippen LogP contribution >= 0.6 is 11.6 Å². The van der Waals surface area contributed by atoms with Gasteiger partial charge in [0.25, 0.3) is 0 Å². The Bertz CT molecular complexity index is 848. The Morgan fingerprint density at radius 1 is 0.926 bits per heavy atom. The first-order valence-electron chi connectivity index (χ1n) is 9.52.